The van der Waals surface area contributed by atoms with E-state index < -0.39 is 5.97 Å². The first-order valence-electron chi connectivity index (χ1n) is 5.60. The second-order valence-corrected chi connectivity index (χ2v) is 4.61. The zero-order valence-corrected chi connectivity index (χ0v) is 10.9. The maximum absolute atomic E-state index is 11.7. The Morgan fingerprint density at radius 3 is 2.44 bits per heavy atom. The molecule has 1 amide bonds. The Bertz CT molecular complexity index is 221. The van der Waals surface area contributed by atoms with Crippen molar-refractivity contribution < 1.29 is 14.7 Å². The largest absolute Gasteiger partial charge is 0.481 e. The van der Waals surface area contributed by atoms with Crippen molar-refractivity contribution in [2.75, 3.05) is 25.1 Å². The average Bonchev–Trinajstić information content (AvgIpc) is 2.24. The summed E-state index contributed by atoms with van der Waals surface area (Å²) in [4.78, 5) is 23.9. The van der Waals surface area contributed by atoms with Crippen LogP contribution in [0.4, 0.5) is 0 Å². The summed E-state index contributed by atoms with van der Waals surface area (Å²) >= 11 is 1.72. The van der Waals surface area contributed by atoms with Crippen LogP contribution in [-0.4, -0.2) is 47.0 Å². The summed E-state index contributed by atoms with van der Waals surface area (Å²) in [6, 6.07) is 0. The van der Waals surface area contributed by atoms with Crippen LogP contribution >= 0.6 is 11.8 Å². The molecule has 0 aromatic heterocycles. The number of rotatable bonds is 9. The zero-order chi connectivity index (χ0) is 12.4. The molecule has 0 atom stereocenters. The molecule has 5 heteroatoms. The Labute approximate surface area is 101 Å². The van der Waals surface area contributed by atoms with E-state index in [4.69, 9.17) is 5.11 Å². The van der Waals surface area contributed by atoms with Crippen LogP contribution in [0.2, 0.25) is 0 Å². The molecule has 0 heterocycles. The highest BCUT2D eigenvalue weighted by Crippen LogP contribution is 2.04. The van der Waals surface area contributed by atoms with Crippen molar-refractivity contribution in [2.45, 2.75) is 32.6 Å². The lowest BCUT2D eigenvalue weighted by molar-refractivity contribution is -0.138. The van der Waals surface area contributed by atoms with Crippen LogP contribution in [0.3, 0.4) is 0 Å². The molecule has 1 N–H and O–H groups in total. The van der Waals surface area contributed by atoms with Crippen LogP contribution in [0.15, 0.2) is 0 Å². The van der Waals surface area contributed by atoms with E-state index in [9.17, 15) is 9.59 Å². The number of hydrogen-bond donors (Lipinski definition) is 1. The lowest BCUT2D eigenvalue weighted by Crippen LogP contribution is -2.33. The number of carbonyl (C=O) groups is 2. The zero-order valence-electron chi connectivity index (χ0n) is 10.1. The van der Waals surface area contributed by atoms with Gasteiger partial charge in [0.25, 0.3) is 0 Å². The van der Waals surface area contributed by atoms with Gasteiger partial charge in [-0.1, -0.05) is 6.92 Å². The van der Waals surface area contributed by atoms with E-state index in [1.54, 1.807) is 16.7 Å². The van der Waals surface area contributed by atoms with E-state index in [1.807, 2.05) is 13.2 Å². The van der Waals surface area contributed by atoms with Crippen LogP contribution in [0.1, 0.15) is 32.6 Å². The summed E-state index contributed by atoms with van der Waals surface area (Å²) in [5, 5.41) is 8.59. The molecule has 0 aliphatic rings. The van der Waals surface area contributed by atoms with Crippen molar-refractivity contribution in [3.05, 3.63) is 0 Å². The molecule has 0 fully saturated rings. The Morgan fingerprint density at radius 2 is 1.94 bits per heavy atom. The van der Waals surface area contributed by atoms with Gasteiger partial charge in [-0.15, -0.1) is 0 Å². The molecule has 4 nitrogen and oxygen atoms in total. The number of carboxylic acid groups (broad SMARTS) is 1. The van der Waals surface area contributed by atoms with Gasteiger partial charge < -0.3 is 10.0 Å². The van der Waals surface area contributed by atoms with Crippen molar-refractivity contribution >= 4 is 23.6 Å². The van der Waals surface area contributed by atoms with Gasteiger partial charge in [0.05, 0.1) is 6.42 Å². The van der Waals surface area contributed by atoms with Crippen molar-refractivity contribution in [3.8, 4) is 0 Å². The van der Waals surface area contributed by atoms with Gasteiger partial charge in [-0.2, -0.15) is 11.8 Å². The number of hydrogen-bond acceptors (Lipinski definition) is 3. The standard InChI is InChI=1S/C11H21NO3S/c1-3-7-12(8-6-11(14)15)10(13)5-4-9-16-2/h3-9H2,1-2H3,(H,14,15). The van der Waals surface area contributed by atoms with Gasteiger partial charge in [0.15, 0.2) is 0 Å². The van der Waals surface area contributed by atoms with Crippen molar-refractivity contribution in [2.24, 2.45) is 0 Å². The minimum atomic E-state index is -0.849. The predicted octanol–water partition coefficient (Wildman–Crippen LogP) is 1.84. The van der Waals surface area contributed by atoms with Gasteiger partial charge in [-0.3, -0.25) is 9.59 Å². The summed E-state index contributed by atoms with van der Waals surface area (Å²) in [5.41, 5.74) is 0. The van der Waals surface area contributed by atoms with Crippen LogP contribution in [0.5, 0.6) is 0 Å². The molecular weight excluding hydrogens is 226 g/mol. The summed E-state index contributed by atoms with van der Waals surface area (Å²) in [6.07, 6.45) is 4.31. The van der Waals surface area contributed by atoms with E-state index in [0.29, 0.717) is 19.5 Å². The number of thioether (sulfide) groups is 1. The smallest absolute Gasteiger partial charge is 0.305 e. The molecule has 0 radical (unpaired) electrons. The van der Waals surface area contributed by atoms with Gasteiger partial charge >= 0.3 is 5.97 Å². The number of carbonyl (C=O) groups excluding carboxylic acids is 1. The summed E-state index contributed by atoms with van der Waals surface area (Å²) in [7, 11) is 0. The van der Waals surface area contributed by atoms with E-state index in [0.717, 1.165) is 18.6 Å². The lowest BCUT2D eigenvalue weighted by Gasteiger charge is -2.21. The second kappa shape index (κ2) is 9.51. The first-order chi connectivity index (χ1) is 7.61. The van der Waals surface area contributed by atoms with Crippen LogP contribution < -0.4 is 0 Å². The Morgan fingerprint density at radius 1 is 1.25 bits per heavy atom. The summed E-state index contributed by atoms with van der Waals surface area (Å²) in [5.74, 6) is 0.208. The molecule has 0 saturated heterocycles. The lowest BCUT2D eigenvalue weighted by atomic mass is 10.2. The van der Waals surface area contributed by atoms with Crippen molar-refractivity contribution in [3.63, 3.8) is 0 Å². The Balaban J connectivity index is 3.97. The number of carboxylic acids is 1. The highest BCUT2D eigenvalue weighted by Gasteiger charge is 2.13. The fourth-order valence-electron chi connectivity index (χ4n) is 1.39. The quantitative estimate of drug-likeness (QED) is 0.632. The van der Waals surface area contributed by atoms with Gasteiger partial charge in [0, 0.05) is 19.5 Å². The highest BCUT2D eigenvalue weighted by molar-refractivity contribution is 7.98. The van der Waals surface area contributed by atoms with Crippen molar-refractivity contribution in [1.29, 1.82) is 0 Å². The third-order valence-electron chi connectivity index (χ3n) is 2.18. The summed E-state index contributed by atoms with van der Waals surface area (Å²) in [6.45, 7) is 2.98. The Hall–Kier alpha value is -0.710. The molecule has 0 bridgehead atoms. The molecule has 94 valence electrons. The highest BCUT2D eigenvalue weighted by atomic mass is 32.2. The number of nitrogens with zero attached hydrogens (tertiary/aromatic N) is 1. The van der Waals surface area contributed by atoms with Crippen molar-refractivity contribution in [1.82, 2.24) is 4.90 Å². The second-order valence-electron chi connectivity index (χ2n) is 3.62. The molecule has 0 unspecified atom stereocenters. The van der Waals surface area contributed by atoms with Crippen LogP contribution in [-0.2, 0) is 9.59 Å². The van der Waals surface area contributed by atoms with Gasteiger partial charge in [0.1, 0.15) is 0 Å². The molecule has 0 saturated carbocycles. The molecule has 0 aliphatic heterocycles. The first-order valence-corrected chi connectivity index (χ1v) is 6.99. The molecule has 0 spiro atoms. The van der Waals surface area contributed by atoms with E-state index in [1.165, 1.54) is 0 Å². The number of amides is 1. The normalized spacial score (nSPS) is 10.1. The minimum absolute atomic E-state index is 0.0360. The molecular formula is C11H21NO3S. The fraction of sp³-hybridized carbons (Fsp3) is 0.818. The SMILES string of the molecule is CCCN(CCC(=O)O)C(=O)CCCSC. The molecule has 0 aromatic rings. The van der Waals surface area contributed by atoms with Gasteiger partial charge in [-0.05, 0) is 24.9 Å². The van der Waals surface area contributed by atoms with E-state index >= 15 is 0 Å². The molecule has 0 rings (SSSR count). The molecule has 16 heavy (non-hydrogen) atoms. The summed E-state index contributed by atoms with van der Waals surface area (Å²) < 4.78 is 0. The van der Waals surface area contributed by atoms with E-state index in [-0.39, 0.29) is 12.3 Å². The third-order valence-corrected chi connectivity index (χ3v) is 2.88. The van der Waals surface area contributed by atoms with Crippen LogP contribution in [0, 0.1) is 0 Å². The topological polar surface area (TPSA) is 57.6 Å². The van der Waals surface area contributed by atoms with Crippen LogP contribution in [0.25, 0.3) is 0 Å². The molecule has 0 aliphatic carbocycles. The van der Waals surface area contributed by atoms with Gasteiger partial charge in [0.2, 0.25) is 5.91 Å². The maximum atomic E-state index is 11.7. The van der Waals surface area contributed by atoms with Gasteiger partial charge in [-0.25, -0.2) is 0 Å². The first kappa shape index (κ1) is 15.3. The number of aliphatic carboxylic acids is 1. The molecule has 0 aromatic carbocycles. The minimum Gasteiger partial charge on any atom is -0.481 e. The maximum Gasteiger partial charge on any atom is 0.305 e. The third kappa shape index (κ3) is 7.56. The van der Waals surface area contributed by atoms with E-state index in [2.05, 4.69) is 0 Å². The average molecular weight is 247 g/mol. The fourth-order valence-corrected chi connectivity index (χ4v) is 1.82. The Kier molecular flexibility index (Phi) is 9.09. The predicted molar refractivity (Wildman–Crippen MR) is 66.7 cm³/mol. The monoisotopic (exact) mass is 247 g/mol.